The van der Waals surface area contributed by atoms with E-state index in [1.165, 1.54) is 4.80 Å². The van der Waals surface area contributed by atoms with Crippen molar-refractivity contribution < 1.29 is 14.3 Å². The van der Waals surface area contributed by atoms with Crippen LogP contribution in [-0.2, 0) is 11.3 Å². The maximum Gasteiger partial charge on any atom is 0.248 e. The van der Waals surface area contributed by atoms with Crippen molar-refractivity contribution in [2.45, 2.75) is 20.4 Å². The summed E-state index contributed by atoms with van der Waals surface area (Å²) < 4.78 is 10.6. The zero-order chi connectivity index (χ0) is 18.1. The summed E-state index contributed by atoms with van der Waals surface area (Å²) in [5.41, 5.74) is 3.68. The molecule has 26 heavy (non-hydrogen) atoms. The number of aryl methyl sites for hydroxylation is 1. The van der Waals surface area contributed by atoms with Crippen molar-refractivity contribution in [3.63, 3.8) is 0 Å². The largest absolute Gasteiger partial charge is 0.454 e. The van der Waals surface area contributed by atoms with Crippen LogP contribution in [0.15, 0.2) is 36.4 Å². The van der Waals surface area contributed by atoms with Crippen LogP contribution in [0.1, 0.15) is 11.1 Å². The van der Waals surface area contributed by atoms with Crippen LogP contribution in [-0.4, -0.2) is 32.9 Å². The monoisotopic (exact) mass is 351 g/mol. The minimum atomic E-state index is -0.215. The molecule has 2 aromatic carbocycles. The number of ether oxygens (including phenoxy) is 2. The number of hydrogen-bond acceptors (Lipinski definition) is 6. The molecule has 0 spiro atoms. The zero-order valence-corrected chi connectivity index (χ0v) is 14.4. The topological polar surface area (TPSA) is 91.2 Å². The van der Waals surface area contributed by atoms with Crippen LogP contribution in [0, 0.1) is 13.8 Å². The molecule has 0 saturated carbocycles. The quantitative estimate of drug-likeness (QED) is 0.776. The molecule has 0 radical (unpaired) electrons. The van der Waals surface area contributed by atoms with E-state index in [1.807, 2.05) is 38.1 Å². The molecule has 0 bridgehead atoms. The number of anilines is 1. The molecular weight excluding hydrogens is 334 g/mol. The van der Waals surface area contributed by atoms with Crippen LogP contribution in [0.3, 0.4) is 0 Å². The lowest BCUT2D eigenvalue weighted by Gasteiger charge is -2.09. The van der Waals surface area contributed by atoms with Gasteiger partial charge in [-0.1, -0.05) is 12.1 Å². The highest BCUT2D eigenvalue weighted by Crippen LogP contribution is 2.34. The third kappa shape index (κ3) is 3.08. The van der Waals surface area contributed by atoms with E-state index in [4.69, 9.17) is 9.47 Å². The van der Waals surface area contributed by atoms with Crippen LogP contribution in [0.25, 0.3) is 11.4 Å². The first-order chi connectivity index (χ1) is 12.6. The Balaban J connectivity index is 1.46. The maximum atomic E-state index is 12.3. The molecule has 1 aliphatic heterocycles. The van der Waals surface area contributed by atoms with Gasteiger partial charge in [0, 0.05) is 11.3 Å². The molecule has 1 N–H and O–H groups in total. The fraction of sp³-hybridized carbons (Fsp3) is 0.222. The number of amides is 1. The van der Waals surface area contributed by atoms with Gasteiger partial charge in [-0.15, -0.1) is 10.2 Å². The van der Waals surface area contributed by atoms with Crippen LogP contribution in [0.5, 0.6) is 11.5 Å². The number of benzene rings is 2. The molecule has 0 atom stereocenters. The Morgan fingerprint density at radius 3 is 2.92 bits per heavy atom. The standard InChI is InChI=1S/C18H17N5O3/c1-11-4-3-5-14(12(11)2)19-17(24)9-23-21-18(20-22-23)13-6-7-15-16(8-13)26-10-25-15/h3-8H,9-10H2,1-2H3,(H,19,24). The summed E-state index contributed by atoms with van der Waals surface area (Å²) in [6.45, 7) is 4.15. The number of carbonyl (C=O) groups is 1. The molecule has 0 aliphatic carbocycles. The Kier molecular flexibility index (Phi) is 4.00. The van der Waals surface area contributed by atoms with E-state index in [9.17, 15) is 4.79 Å². The molecule has 0 unspecified atom stereocenters. The zero-order valence-electron chi connectivity index (χ0n) is 14.4. The van der Waals surface area contributed by atoms with Crippen LogP contribution in [0.4, 0.5) is 5.69 Å². The van der Waals surface area contributed by atoms with Gasteiger partial charge in [-0.3, -0.25) is 4.79 Å². The molecule has 8 nitrogen and oxygen atoms in total. The molecule has 0 saturated heterocycles. The first-order valence-corrected chi connectivity index (χ1v) is 8.14. The lowest BCUT2D eigenvalue weighted by Crippen LogP contribution is -2.21. The van der Waals surface area contributed by atoms with Gasteiger partial charge in [0.25, 0.3) is 0 Å². The van der Waals surface area contributed by atoms with E-state index in [-0.39, 0.29) is 19.2 Å². The Morgan fingerprint density at radius 2 is 2.04 bits per heavy atom. The van der Waals surface area contributed by atoms with Crippen molar-refractivity contribution in [1.82, 2.24) is 20.2 Å². The number of aromatic nitrogens is 4. The number of rotatable bonds is 4. The van der Waals surface area contributed by atoms with E-state index < -0.39 is 0 Å². The summed E-state index contributed by atoms with van der Waals surface area (Å²) in [7, 11) is 0. The normalized spacial score (nSPS) is 12.2. The lowest BCUT2D eigenvalue weighted by atomic mass is 10.1. The van der Waals surface area contributed by atoms with Crippen molar-refractivity contribution in [3.8, 4) is 22.9 Å². The number of tetrazole rings is 1. The van der Waals surface area contributed by atoms with Gasteiger partial charge in [0.1, 0.15) is 6.54 Å². The van der Waals surface area contributed by atoms with Gasteiger partial charge in [0.2, 0.25) is 18.5 Å². The Labute approximate surface area is 149 Å². The molecular formula is C18H17N5O3. The Bertz CT molecular complexity index is 983. The SMILES string of the molecule is Cc1cccc(NC(=O)Cn2nnc(-c3ccc4c(c3)OCO4)n2)c1C. The molecule has 8 heteroatoms. The van der Waals surface area contributed by atoms with Crippen molar-refractivity contribution in [2.75, 3.05) is 12.1 Å². The van der Waals surface area contributed by atoms with Crippen molar-refractivity contribution >= 4 is 11.6 Å². The molecule has 4 rings (SSSR count). The van der Waals surface area contributed by atoms with Crippen LogP contribution >= 0.6 is 0 Å². The fourth-order valence-corrected chi connectivity index (χ4v) is 2.67. The summed E-state index contributed by atoms with van der Waals surface area (Å²) >= 11 is 0. The average Bonchev–Trinajstić information content (AvgIpc) is 3.27. The molecule has 3 aromatic rings. The van der Waals surface area contributed by atoms with Gasteiger partial charge >= 0.3 is 0 Å². The highest BCUT2D eigenvalue weighted by atomic mass is 16.7. The number of fused-ring (bicyclic) bond motifs is 1. The summed E-state index contributed by atoms with van der Waals surface area (Å²) in [4.78, 5) is 13.5. The number of carbonyl (C=O) groups excluding carboxylic acids is 1. The second-order valence-electron chi connectivity index (χ2n) is 6.01. The Hall–Kier alpha value is -3.42. The number of nitrogens with one attached hydrogen (secondary N) is 1. The predicted octanol–water partition coefficient (Wildman–Crippen LogP) is 2.32. The smallest absolute Gasteiger partial charge is 0.248 e. The molecule has 0 fully saturated rings. The highest BCUT2D eigenvalue weighted by Gasteiger charge is 2.16. The van der Waals surface area contributed by atoms with E-state index in [2.05, 4.69) is 20.7 Å². The summed E-state index contributed by atoms with van der Waals surface area (Å²) in [6, 6.07) is 11.2. The van der Waals surface area contributed by atoms with E-state index in [0.29, 0.717) is 17.3 Å². The average molecular weight is 351 g/mol. The third-order valence-corrected chi connectivity index (χ3v) is 4.25. The first-order valence-electron chi connectivity index (χ1n) is 8.14. The minimum absolute atomic E-state index is 0.0229. The molecule has 2 heterocycles. The molecule has 1 aliphatic rings. The summed E-state index contributed by atoms with van der Waals surface area (Å²) in [6.07, 6.45) is 0. The molecule has 1 amide bonds. The highest BCUT2D eigenvalue weighted by molar-refractivity contribution is 5.91. The maximum absolute atomic E-state index is 12.3. The molecule has 1 aromatic heterocycles. The van der Waals surface area contributed by atoms with Crippen molar-refractivity contribution in [2.24, 2.45) is 0 Å². The Morgan fingerprint density at radius 1 is 1.19 bits per heavy atom. The second kappa shape index (κ2) is 6.47. The van der Waals surface area contributed by atoms with Gasteiger partial charge in [0.15, 0.2) is 11.5 Å². The van der Waals surface area contributed by atoms with Gasteiger partial charge in [-0.05, 0) is 54.5 Å². The number of hydrogen-bond donors (Lipinski definition) is 1. The van der Waals surface area contributed by atoms with Crippen molar-refractivity contribution in [1.29, 1.82) is 0 Å². The first kappa shape index (κ1) is 16.1. The lowest BCUT2D eigenvalue weighted by molar-refractivity contribution is -0.117. The van der Waals surface area contributed by atoms with Crippen molar-refractivity contribution in [3.05, 3.63) is 47.5 Å². The fourth-order valence-electron chi connectivity index (χ4n) is 2.67. The second-order valence-corrected chi connectivity index (χ2v) is 6.01. The molecule has 132 valence electrons. The third-order valence-electron chi connectivity index (χ3n) is 4.25. The van der Waals surface area contributed by atoms with Crippen LogP contribution < -0.4 is 14.8 Å². The van der Waals surface area contributed by atoms with Gasteiger partial charge in [-0.2, -0.15) is 4.80 Å². The van der Waals surface area contributed by atoms with Gasteiger partial charge < -0.3 is 14.8 Å². The van der Waals surface area contributed by atoms with Gasteiger partial charge in [0.05, 0.1) is 0 Å². The number of nitrogens with zero attached hydrogens (tertiary/aromatic N) is 4. The summed E-state index contributed by atoms with van der Waals surface area (Å²) in [5.74, 6) is 1.54. The van der Waals surface area contributed by atoms with E-state index in [1.54, 1.807) is 12.1 Å². The predicted molar refractivity (Wildman–Crippen MR) is 93.9 cm³/mol. The van der Waals surface area contributed by atoms with Crippen LogP contribution in [0.2, 0.25) is 0 Å². The van der Waals surface area contributed by atoms with E-state index >= 15 is 0 Å². The van der Waals surface area contributed by atoms with Gasteiger partial charge in [-0.25, -0.2) is 0 Å². The summed E-state index contributed by atoms with van der Waals surface area (Å²) in [5, 5.41) is 15.1. The van der Waals surface area contributed by atoms with E-state index in [0.717, 1.165) is 22.4 Å². The minimum Gasteiger partial charge on any atom is -0.454 e.